The van der Waals surface area contributed by atoms with Crippen LogP contribution in [0, 0.1) is 23.7 Å². The smallest absolute Gasteiger partial charge is 0.336 e. The van der Waals surface area contributed by atoms with Crippen LogP contribution in [0.15, 0.2) is 0 Å². The van der Waals surface area contributed by atoms with Crippen molar-refractivity contribution in [2.75, 3.05) is 0 Å². The van der Waals surface area contributed by atoms with E-state index in [2.05, 4.69) is 10.6 Å². The lowest BCUT2D eigenvalue weighted by Gasteiger charge is -2.27. The average Bonchev–Trinajstić information content (AvgIpc) is 2.71. The Balaban J connectivity index is 5.28. The number of esters is 2. The summed E-state index contributed by atoms with van der Waals surface area (Å²) in [6.07, 6.45) is 1.41. The molecule has 0 saturated carbocycles. The summed E-state index contributed by atoms with van der Waals surface area (Å²) in [4.78, 5) is 50.1. The maximum Gasteiger partial charge on any atom is 0.336 e. The molecule has 0 bridgehead atoms. The highest BCUT2D eigenvalue weighted by Crippen LogP contribution is 2.12. The number of hydrogen-bond donors (Lipinski definition) is 4. The molecule has 0 fully saturated rings. The third-order valence-electron chi connectivity index (χ3n) is 5.76. The summed E-state index contributed by atoms with van der Waals surface area (Å²) in [5.41, 5.74) is 11.9. The van der Waals surface area contributed by atoms with E-state index >= 15 is 0 Å². The number of carbonyl (C=O) groups is 4. The summed E-state index contributed by atoms with van der Waals surface area (Å²) >= 11 is 0. The molecule has 2 amide bonds. The molecule has 0 rings (SSSR count). The van der Waals surface area contributed by atoms with E-state index in [1.54, 1.807) is 27.7 Å². The molecular formula is C22H42N4O5. The van der Waals surface area contributed by atoms with Crippen molar-refractivity contribution < 1.29 is 23.9 Å². The highest BCUT2D eigenvalue weighted by Gasteiger charge is 2.34. The van der Waals surface area contributed by atoms with E-state index in [1.165, 1.54) is 0 Å². The Morgan fingerprint density at radius 2 is 0.968 bits per heavy atom. The fourth-order valence-corrected chi connectivity index (χ4v) is 2.75. The van der Waals surface area contributed by atoms with Crippen LogP contribution in [0.2, 0.25) is 0 Å². The zero-order chi connectivity index (χ0) is 24.5. The van der Waals surface area contributed by atoms with Gasteiger partial charge in [-0.25, -0.2) is 9.59 Å². The molecule has 31 heavy (non-hydrogen) atoms. The normalized spacial score (nSPS) is 17.3. The second-order valence-corrected chi connectivity index (χ2v) is 9.02. The van der Waals surface area contributed by atoms with Crippen molar-refractivity contribution >= 4 is 23.8 Å². The summed E-state index contributed by atoms with van der Waals surface area (Å²) in [6, 6.07) is -3.64. The van der Waals surface area contributed by atoms with Crippen LogP contribution in [0.25, 0.3) is 0 Å². The third-order valence-corrected chi connectivity index (χ3v) is 5.76. The number of nitrogens with one attached hydrogen (secondary N) is 2. The van der Waals surface area contributed by atoms with Gasteiger partial charge in [0.1, 0.15) is 12.1 Å². The fourth-order valence-electron chi connectivity index (χ4n) is 2.75. The molecule has 6 atom stereocenters. The zero-order valence-electron chi connectivity index (χ0n) is 20.2. The third kappa shape index (κ3) is 8.95. The Kier molecular flexibility index (Phi) is 12.6. The van der Waals surface area contributed by atoms with E-state index in [9.17, 15) is 19.2 Å². The van der Waals surface area contributed by atoms with Gasteiger partial charge >= 0.3 is 11.9 Å². The highest BCUT2D eigenvalue weighted by atomic mass is 16.6. The second-order valence-electron chi connectivity index (χ2n) is 9.02. The van der Waals surface area contributed by atoms with Crippen LogP contribution in [-0.4, -0.2) is 47.9 Å². The van der Waals surface area contributed by atoms with Gasteiger partial charge < -0.3 is 26.8 Å². The maximum atomic E-state index is 12.7. The van der Waals surface area contributed by atoms with Gasteiger partial charge in [0.05, 0.1) is 12.1 Å². The Bertz CT molecular complexity index is 571. The molecular weight excluding hydrogens is 400 g/mol. The summed E-state index contributed by atoms with van der Waals surface area (Å²) < 4.78 is 5.04. The van der Waals surface area contributed by atoms with Gasteiger partial charge in [0.15, 0.2) is 0 Å². The molecule has 0 heterocycles. The van der Waals surface area contributed by atoms with Crippen LogP contribution in [-0.2, 0) is 23.9 Å². The van der Waals surface area contributed by atoms with Crippen molar-refractivity contribution in [1.29, 1.82) is 0 Å². The van der Waals surface area contributed by atoms with Crippen LogP contribution in [0.5, 0.6) is 0 Å². The minimum atomic E-state index is -1.04. The summed E-state index contributed by atoms with van der Waals surface area (Å²) in [6.45, 7) is 14.4. The molecule has 0 saturated heterocycles. The van der Waals surface area contributed by atoms with Crippen LogP contribution in [0.1, 0.15) is 68.2 Å². The first-order chi connectivity index (χ1) is 14.3. The maximum absolute atomic E-state index is 12.7. The van der Waals surface area contributed by atoms with Crippen molar-refractivity contribution in [2.45, 2.75) is 92.4 Å². The largest absolute Gasteiger partial charge is 0.390 e. The SMILES string of the molecule is CCC(C)C(N)C(=O)NC(C(=O)OC(=O)C(NC(=O)C(N)C(C)CC)C(C)C)C(C)C. The quantitative estimate of drug-likeness (QED) is 0.260. The highest BCUT2D eigenvalue weighted by molar-refractivity contribution is 5.95. The van der Waals surface area contributed by atoms with Crippen LogP contribution in [0.4, 0.5) is 0 Å². The molecule has 0 aliphatic carbocycles. The number of nitrogens with two attached hydrogens (primary N) is 2. The molecule has 6 unspecified atom stereocenters. The molecule has 0 spiro atoms. The predicted octanol–water partition coefficient (Wildman–Crippen LogP) is 1.08. The lowest BCUT2D eigenvalue weighted by molar-refractivity contribution is -0.165. The van der Waals surface area contributed by atoms with E-state index in [0.717, 1.165) is 0 Å². The average molecular weight is 443 g/mol. The van der Waals surface area contributed by atoms with Gasteiger partial charge in [0.25, 0.3) is 0 Å². The topological polar surface area (TPSA) is 154 Å². The monoisotopic (exact) mass is 442 g/mol. The standard InChI is InChI=1S/C22H42N4O5/c1-9-13(7)15(23)19(27)25-17(11(3)4)21(29)31-22(30)18(12(5)6)26-20(28)16(24)14(8)10-2/h11-18H,9-10,23-24H2,1-8H3,(H,25,27)(H,26,28). The van der Waals surface area contributed by atoms with E-state index in [-0.39, 0.29) is 23.7 Å². The molecule has 6 N–H and O–H groups in total. The lowest BCUT2D eigenvalue weighted by atomic mass is 9.97. The first kappa shape index (κ1) is 29.0. The van der Waals surface area contributed by atoms with Gasteiger partial charge in [-0.15, -0.1) is 0 Å². The number of rotatable bonds is 12. The van der Waals surface area contributed by atoms with Gasteiger partial charge in [0, 0.05) is 0 Å². The van der Waals surface area contributed by atoms with Gasteiger partial charge in [-0.1, -0.05) is 68.2 Å². The molecule has 0 aromatic heterocycles. The number of amides is 2. The predicted molar refractivity (Wildman–Crippen MR) is 119 cm³/mol. The van der Waals surface area contributed by atoms with Gasteiger partial charge in [-0.3, -0.25) is 9.59 Å². The minimum Gasteiger partial charge on any atom is -0.390 e. The first-order valence-corrected chi connectivity index (χ1v) is 11.2. The fraction of sp³-hybridized carbons (Fsp3) is 0.818. The van der Waals surface area contributed by atoms with E-state index in [1.807, 2.05) is 27.7 Å². The van der Waals surface area contributed by atoms with Crippen LogP contribution < -0.4 is 22.1 Å². The summed E-state index contributed by atoms with van der Waals surface area (Å²) in [7, 11) is 0. The number of ether oxygens (including phenoxy) is 1. The molecule has 9 heteroatoms. The lowest BCUT2D eigenvalue weighted by Crippen LogP contribution is -2.55. The molecule has 9 nitrogen and oxygen atoms in total. The molecule has 180 valence electrons. The Hall–Kier alpha value is -2.00. The van der Waals surface area contributed by atoms with Crippen molar-refractivity contribution in [3.8, 4) is 0 Å². The van der Waals surface area contributed by atoms with Crippen molar-refractivity contribution in [2.24, 2.45) is 35.1 Å². The molecule has 0 aliphatic rings. The molecule has 0 radical (unpaired) electrons. The molecule has 0 aliphatic heterocycles. The van der Waals surface area contributed by atoms with Crippen molar-refractivity contribution in [3.05, 3.63) is 0 Å². The van der Waals surface area contributed by atoms with Crippen LogP contribution >= 0.6 is 0 Å². The van der Waals surface area contributed by atoms with E-state index in [4.69, 9.17) is 16.2 Å². The number of carbonyl (C=O) groups excluding carboxylic acids is 4. The Labute approximate surface area is 186 Å². The van der Waals surface area contributed by atoms with Gasteiger partial charge in [0.2, 0.25) is 11.8 Å². The zero-order valence-corrected chi connectivity index (χ0v) is 20.2. The van der Waals surface area contributed by atoms with Gasteiger partial charge in [-0.05, 0) is 23.7 Å². The number of hydrogen-bond acceptors (Lipinski definition) is 7. The minimum absolute atomic E-state index is 0.0688. The summed E-state index contributed by atoms with van der Waals surface area (Å²) in [5, 5.41) is 5.18. The first-order valence-electron chi connectivity index (χ1n) is 11.2. The molecule has 0 aromatic rings. The Morgan fingerprint density at radius 3 is 1.19 bits per heavy atom. The van der Waals surface area contributed by atoms with Crippen molar-refractivity contribution in [3.63, 3.8) is 0 Å². The van der Waals surface area contributed by atoms with Gasteiger partial charge in [-0.2, -0.15) is 0 Å². The Morgan fingerprint density at radius 1 is 0.677 bits per heavy atom. The molecule has 0 aromatic carbocycles. The second kappa shape index (κ2) is 13.4. The van der Waals surface area contributed by atoms with E-state index < -0.39 is 47.9 Å². The summed E-state index contributed by atoms with van der Waals surface area (Å²) in [5.74, 6) is -3.55. The van der Waals surface area contributed by atoms with E-state index in [0.29, 0.717) is 12.8 Å². The van der Waals surface area contributed by atoms with Crippen molar-refractivity contribution in [1.82, 2.24) is 10.6 Å². The van der Waals surface area contributed by atoms with Crippen LogP contribution in [0.3, 0.4) is 0 Å².